The third kappa shape index (κ3) is 6.38. The molecule has 0 nitrogen and oxygen atoms in total. The van der Waals surface area contributed by atoms with Crippen LogP contribution in [-0.4, -0.2) is 0 Å². The zero-order valence-corrected chi connectivity index (χ0v) is 25.3. The second-order valence-electron chi connectivity index (χ2n) is 11.8. The number of alkyl halides is 12. The normalized spacial score (nSPS) is 16.9. The molecule has 0 aromatic heterocycles. The van der Waals surface area contributed by atoms with Crippen LogP contribution in [0.25, 0.3) is 11.1 Å². The zero-order valence-electron chi connectivity index (χ0n) is 25.3. The molecule has 258 valence electrons. The van der Waals surface area contributed by atoms with Crippen LogP contribution in [0.3, 0.4) is 0 Å². The molecule has 0 saturated carbocycles. The van der Waals surface area contributed by atoms with Crippen LogP contribution >= 0.6 is 0 Å². The zero-order chi connectivity index (χ0) is 36.3. The number of rotatable bonds is 5. The summed E-state index contributed by atoms with van der Waals surface area (Å²) in [5.41, 5.74) is -3.19. The summed E-state index contributed by atoms with van der Waals surface area (Å²) < 4.78 is 163. The number of hydrogen-bond donors (Lipinski definition) is 0. The molecule has 5 aromatic rings. The van der Waals surface area contributed by atoms with E-state index in [1.807, 2.05) is 0 Å². The Balaban J connectivity index is 1.70. The summed E-state index contributed by atoms with van der Waals surface area (Å²) in [6.45, 7) is 0. The van der Waals surface area contributed by atoms with Crippen molar-refractivity contribution in [3.8, 4) is 0 Å². The minimum absolute atomic E-state index is 0.163. The Bertz CT molecular complexity index is 2030. The highest BCUT2D eigenvalue weighted by Crippen LogP contribution is 2.58. The van der Waals surface area contributed by atoms with Crippen LogP contribution in [0.2, 0.25) is 0 Å². The minimum Gasteiger partial charge on any atom is -0.166 e. The Hall–Kier alpha value is -5.00. The number of benzene rings is 5. The van der Waals surface area contributed by atoms with E-state index in [1.165, 1.54) is 48.5 Å². The van der Waals surface area contributed by atoms with Crippen molar-refractivity contribution < 1.29 is 52.7 Å². The monoisotopic (exact) mass is 706 g/mol. The van der Waals surface area contributed by atoms with E-state index in [4.69, 9.17) is 0 Å². The molecular weight excluding hydrogens is 684 g/mol. The van der Waals surface area contributed by atoms with Crippen molar-refractivity contribution in [3.63, 3.8) is 0 Å². The fourth-order valence-electron chi connectivity index (χ4n) is 6.55. The van der Waals surface area contributed by atoms with E-state index in [0.717, 1.165) is 48.5 Å². The second kappa shape index (κ2) is 12.1. The first-order chi connectivity index (χ1) is 23.3. The van der Waals surface area contributed by atoms with Crippen molar-refractivity contribution in [2.75, 3.05) is 0 Å². The first kappa shape index (κ1) is 34.8. The van der Waals surface area contributed by atoms with Crippen LogP contribution in [0.4, 0.5) is 52.7 Å². The summed E-state index contributed by atoms with van der Waals surface area (Å²) in [7, 11) is 0. The Kier molecular flexibility index (Phi) is 8.43. The molecule has 0 heterocycles. The van der Waals surface area contributed by atoms with E-state index >= 15 is 0 Å². The maximum atomic E-state index is 13.7. The summed E-state index contributed by atoms with van der Waals surface area (Å²) in [5.74, 6) is 0. The van der Waals surface area contributed by atoms with Gasteiger partial charge < -0.3 is 0 Å². The average Bonchev–Trinajstić information content (AvgIpc) is 3.34. The summed E-state index contributed by atoms with van der Waals surface area (Å²) in [5, 5.41) is 0. The van der Waals surface area contributed by atoms with E-state index < -0.39 is 52.4 Å². The molecule has 1 aliphatic carbocycles. The molecule has 1 unspecified atom stereocenters. The molecule has 0 N–H and O–H groups in total. The fraction of sp³-hybridized carbons (Fsp3) is 0.158. The van der Waals surface area contributed by atoms with Crippen LogP contribution in [0.5, 0.6) is 0 Å². The quantitative estimate of drug-likeness (QED) is 0.160. The standard InChI is InChI=1S/C38H22F12/c39-35(40,41)26-11-5-22(6-12-26)21-34(25-17-19-29(20-18-25)38(48,49)50)31-4-2-1-3-30(31)32(23-7-13-27(14-8-23)36(42,43)44)33(34)24-9-15-28(16-10-24)37(45,46)47/h1-20H,21H2. The van der Waals surface area contributed by atoms with Gasteiger partial charge in [-0.05, 0) is 99.5 Å². The van der Waals surface area contributed by atoms with E-state index in [1.54, 1.807) is 24.3 Å². The van der Waals surface area contributed by atoms with Gasteiger partial charge in [-0.15, -0.1) is 0 Å². The summed E-state index contributed by atoms with van der Waals surface area (Å²) >= 11 is 0. The molecule has 0 spiro atoms. The lowest BCUT2D eigenvalue weighted by Gasteiger charge is -2.36. The molecule has 6 rings (SSSR count). The van der Waals surface area contributed by atoms with Crippen LogP contribution in [0, 0.1) is 0 Å². The SMILES string of the molecule is FC(F)(F)c1ccc(CC2(c3ccc(C(F)(F)F)cc3)C(c3ccc(C(F)(F)F)cc3)=C(c3ccc(C(F)(F)F)cc3)c3ccccc32)cc1. The lowest BCUT2D eigenvalue weighted by molar-refractivity contribution is -0.138. The highest BCUT2D eigenvalue weighted by atomic mass is 19.4. The maximum absolute atomic E-state index is 13.7. The van der Waals surface area contributed by atoms with Gasteiger partial charge in [-0.25, -0.2) is 0 Å². The van der Waals surface area contributed by atoms with Gasteiger partial charge in [0, 0.05) is 0 Å². The van der Waals surface area contributed by atoms with Crippen LogP contribution in [-0.2, 0) is 36.5 Å². The van der Waals surface area contributed by atoms with Crippen molar-refractivity contribution in [2.45, 2.75) is 36.5 Å². The molecule has 0 amide bonds. The molecule has 5 aromatic carbocycles. The van der Waals surface area contributed by atoms with Crippen LogP contribution < -0.4 is 0 Å². The predicted molar refractivity (Wildman–Crippen MR) is 163 cm³/mol. The summed E-state index contributed by atoms with van der Waals surface area (Å²) in [4.78, 5) is 0. The largest absolute Gasteiger partial charge is 0.416 e. The predicted octanol–water partition coefficient (Wildman–Crippen LogP) is 12.3. The first-order valence-corrected chi connectivity index (χ1v) is 14.8. The topological polar surface area (TPSA) is 0 Å². The molecule has 1 aliphatic rings. The molecule has 0 saturated heterocycles. The summed E-state index contributed by atoms with van der Waals surface area (Å²) in [6, 6.07) is 22.7. The number of fused-ring (bicyclic) bond motifs is 1. The smallest absolute Gasteiger partial charge is 0.166 e. The van der Waals surface area contributed by atoms with Gasteiger partial charge in [0.25, 0.3) is 0 Å². The Labute approximate surface area is 277 Å². The molecular formula is C38H22F12. The van der Waals surface area contributed by atoms with Gasteiger partial charge in [-0.1, -0.05) is 72.8 Å². The van der Waals surface area contributed by atoms with Crippen molar-refractivity contribution >= 4 is 11.1 Å². The number of halogens is 12. The number of hydrogen-bond acceptors (Lipinski definition) is 0. The highest BCUT2D eigenvalue weighted by molar-refractivity contribution is 6.09. The van der Waals surface area contributed by atoms with E-state index in [9.17, 15) is 52.7 Å². The first-order valence-electron chi connectivity index (χ1n) is 14.8. The Morgan fingerprint density at radius 3 is 1.22 bits per heavy atom. The maximum Gasteiger partial charge on any atom is 0.416 e. The van der Waals surface area contributed by atoms with Gasteiger partial charge in [0.2, 0.25) is 0 Å². The third-order valence-corrected chi connectivity index (χ3v) is 8.79. The average molecular weight is 707 g/mol. The van der Waals surface area contributed by atoms with Crippen LogP contribution in [0.1, 0.15) is 55.6 Å². The van der Waals surface area contributed by atoms with E-state index in [2.05, 4.69) is 0 Å². The molecule has 12 heteroatoms. The van der Waals surface area contributed by atoms with Gasteiger partial charge in [-0.3, -0.25) is 0 Å². The Morgan fingerprint density at radius 2 is 0.780 bits per heavy atom. The van der Waals surface area contributed by atoms with Crippen molar-refractivity contribution in [3.05, 3.63) is 177 Å². The van der Waals surface area contributed by atoms with Crippen molar-refractivity contribution in [1.29, 1.82) is 0 Å². The van der Waals surface area contributed by atoms with Gasteiger partial charge >= 0.3 is 24.7 Å². The van der Waals surface area contributed by atoms with Crippen molar-refractivity contribution in [1.82, 2.24) is 0 Å². The molecule has 0 aliphatic heterocycles. The van der Waals surface area contributed by atoms with Crippen molar-refractivity contribution in [2.24, 2.45) is 0 Å². The summed E-state index contributed by atoms with van der Waals surface area (Å²) in [6.07, 6.45) is -19.0. The van der Waals surface area contributed by atoms with E-state index in [0.29, 0.717) is 22.3 Å². The lowest BCUT2D eigenvalue weighted by Crippen LogP contribution is -2.31. The molecule has 50 heavy (non-hydrogen) atoms. The van der Waals surface area contributed by atoms with Crippen LogP contribution in [0.15, 0.2) is 121 Å². The fourth-order valence-corrected chi connectivity index (χ4v) is 6.55. The number of allylic oxidation sites excluding steroid dienone is 1. The molecule has 0 radical (unpaired) electrons. The Morgan fingerprint density at radius 1 is 0.400 bits per heavy atom. The highest BCUT2D eigenvalue weighted by Gasteiger charge is 2.48. The lowest BCUT2D eigenvalue weighted by atomic mass is 9.66. The van der Waals surface area contributed by atoms with Gasteiger partial charge in [0.15, 0.2) is 0 Å². The van der Waals surface area contributed by atoms with Gasteiger partial charge in [-0.2, -0.15) is 52.7 Å². The van der Waals surface area contributed by atoms with Gasteiger partial charge in [0.1, 0.15) is 0 Å². The minimum atomic E-state index is -4.73. The third-order valence-electron chi connectivity index (χ3n) is 8.79. The molecule has 0 bridgehead atoms. The molecule has 1 atom stereocenters. The van der Waals surface area contributed by atoms with Gasteiger partial charge in [0.05, 0.1) is 27.7 Å². The second-order valence-corrected chi connectivity index (χ2v) is 11.8. The molecule has 0 fully saturated rings. The van der Waals surface area contributed by atoms with E-state index in [-0.39, 0.29) is 28.7 Å².